The van der Waals surface area contributed by atoms with Crippen LogP contribution in [-0.4, -0.2) is 36.4 Å². The summed E-state index contributed by atoms with van der Waals surface area (Å²) in [5.74, 6) is -0.341. The third kappa shape index (κ3) is 2.87. The van der Waals surface area contributed by atoms with Gasteiger partial charge in [-0.3, -0.25) is 9.48 Å². The smallest absolute Gasteiger partial charge is 0.251 e. The molecule has 3 rings (SSSR count). The van der Waals surface area contributed by atoms with Gasteiger partial charge in [0.2, 0.25) is 0 Å². The fourth-order valence-electron chi connectivity index (χ4n) is 2.96. The summed E-state index contributed by atoms with van der Waals surface area (Å²) < 4.78 is 25.9. The maximum absolute atomic E-state index is 12.6. The lowest BCUT2D eigenvalue weighted by Gasteiger charge is -2.26. The van der Waals surface area contributed by atoms with E-state index in [1.807, 2.05) is 31.2 Å². The average molecular weight is 345 g/mol. The fraction of sp³-hybridized carbons (Fsp3) is 0.294. The molecule has 0 spiro atoms. The second-order valence-corrected chi connectivity index (χ2v) is 7.94. The van der Waals surface area contributed by atoms with Gasteiger partial charge in [-0.1, -0.05) is 29.8 Å². The van der Waals surface area contributed by atoms with E-state index < -0.39 is 9.84 Å². The second-order valence-electron chi connectivity index (χ2n) is 5.92. The molecule has 0 fully saturated rings. The Labute approximate surface area is 141 Å². The molecule has 0 N–H and O–H groups in total. The van der Waals surface area contributed by atoms with Crippen molar-refractivity contribution < 1.29 is 13.2 Å². The van der Waals surface area contributed by atoms with Crippen molar-refractivity contribution in [3.8, 4) is 0 Å². The van der Waals surface area contributed by atoms with Crippen LogP contribution in [0.5, 0.6) is 0 Å². The normalized spacial score (nSPS) is 16.4. The third-order valence-corrected chi connectivity index (χ3v) is 5.78. The number of aryl methyl sites for hydroxylation is 3. The SMILES string of the molecule is Cc1cccc(/C=C/C(=O)N2CCS(=O)(=O)c3c2c(C)nn3C)c1. The van der Waals surface area contributed by atoms with Crippen LogP contribution in [-0.2, 0) is 21.7 Å². The predicted octanol–water partition coefficient (Wildman–Crippen LogP) is 1.87. The highest BCUT2D eigenvalue weighted by Gasteiger charge is 2.36. The first-order valence-corrected chi connectivity index (χ1v) is 9.27. The molecule has 2 aromatic rings. The number of anilines is 1. The van der Waals surface area contributed by atoms with Crippen molar-refractivity contribution in [2.45, 2.75) is 18.9 Å². The molecule has 0 atom stereocenters. The Morgan fingerprint density at radius 3 is 2.75 bits per heavy atom. The molecule has 0 saturated heterocycles. The Balaban J connectivity index is 1.95. The predicted molar refractivity (Wildman–Crippen MR) is 92.6 cm³/mol. The van der Waals surface area contributed by atoms with Gasteiger partial charge < -0.3 is 4.90 Å². The number of rotatable bonds is 2. The van der Waals surface area contributed by atoms with Crippen LogP contribution in [0.2, 0.25) is 0 Å². The number of carbonyl (C=O) groups excluding carboxylic acids is 1. The molecule has 6 nitrogen and oxygen atoms in total. The molecule has 7 heteroatoms. The first-order chi connectivity index (χ1) is 11.3. The van der Waals surface area contributed by atoms with Crippen molar-refractivity contribution in [1.29, 1.82) is 0 Å². The summed E-state index contributed by atoms with van der Waals surface area (Å²) in [6.45, 7) is 3.84. The first kappa shape index (κ1) is 16.4. The van der Waals surface area contributed by atoms with Gasteiger partial charge in [0.1, 0.15) is 5.69 Å². The molecule has 0 saturated carbocycles. The summed E-state index contributed by atoms with van der Waals surface area (Å²) in [5, 5.41) is 4.28. The highest BCUT2D eigenvalue weighted by atomic mass is 32.2. The largest absolute Gasteiger partial charge is 0.304 e. The molecule has 0 radical (unpaired) electrons. The van der Waals surface area contributed by atoms with E-state index in [0.29, 0.717) is 11.4 Å². The van der Waals surface area contributed by atoms with Crippen LogP contribution in [0.3, 0.4) is 0 Å². The first-order valence-electron chi connectivity index (χ1n) is 7.62. The van der Waals surface area contributed by atoms with Crippen molar-refractivity contribution in [3.63, 3.8) is 0 Å². The van der Waals surface area contributed by atoms with E-state index in [1.54, 1.807) is 20.0 Å². The number of amides is 1. The van der Waals surface area contributed by atoms with Gasteiger partial charge in [-0.05, 0) is 25.5 Å². The van der Waals surface area contributed by atoms with Crippen molar-refractivity contribution in [2.24, 2.45) is 7.05 Å². The Morgan fingerprint density at radius 1 is 1.29 bits per heavy atom. The molecule has 126 valence electrons. The lowest BCUT2D eigenvalue weighted by Crippen LogP contribution is -2.39. The van der Waals surface area contributed by atoms with Gasteiger partial charge in [0.05, 0.1) is 11.4 Å². The van der Waals surface area contributed by atoms with Gasteiger partial charge >= 0.3 is 0 Å². The summed E-state index contributed by atoms with van der Waals surface area (Å²) in [7, 11) is -1.83. The number of nitrogens with zero attached hydrogens (tertiary/aromatic N) is 3. The number of aromatic nitrogens is 2. The fourth-order valence-corrected chi connectivity index (χ4v) is 4.57. The summed E-state index contributed by atoms with van der Waals surface area (Å²) in [6.07, 6.45) is 3.22. The van der Waals surface area contributed by atoms with Gasteiger partial charge in [-0.15, -0.1) is 0 Å². The van der Waals surface area contributed by atoms with Gasteiger partial charge in [0.25, 0.3) is 5.91 Å². The number of fused-ring (bicyclic) bond motifs is 1. The summed E-state index contributed by atoms with van der Waals surface area (Å²) >= 11 is 0. The summed E-state index contributed by atoms with van der Waals surface area (Å²) in [4.78, 5) is 14.1. The van der Waals surface area contributed by atoms with Gasteiger partial charge in [0, 0.05) is 19.7 Å². The third-order valence-electron chi connectivity index (χ3n) is 4.01. The van der Waals surface area contributed by atoms with Crippen LogP contribution in [0, 0.1) is 13.8 Å². The molecule has 1 amide bonds. The number of hydrogen-bond acceptors (Lipinski definition) is 4. The number of sulfone groups is 1. The standard InChI is InChI=1S/C17H19N3O3S/c1-12-5-4-6-14(11-12)7-8-15(21)20-9-10-24(22,23)17-16(20)13(2)18-19(17)3/h4-8,11H,9-10H2,1-3H3/b8-7+. The molecule has 2 heterocycles. The molecule has 1 aromatic heterocycles. The van der Waals surface area contributed by atoms with Crippen LogP contribution >= 0.6 is 0 Å². The van der Waals surface area contributed by atoms with Crippen LogP contribution in [0.1, 0.15) is 16.8 Å². The van der Waals surface area contributed by atoms with E-state index in [4.69, 9.17) is 0 Å². The lowest BCUT2D eigenvalue weighted by atomic mass is 10.1. The second kappa shape index (κ2) is 5.90. The van der Waals surface area contributed by atoms with Crippen LogP contribution < -0.4 is 4.90 Å². The number of benzene rings is 1. The van der Waals surface area contributed by atoms with E-state index in [-0.39, 0.29) is 23.2 Å². The van der Waals surface area contributed by atoms with E-state index in [2.05, 4.69) is 5.10 Å². The molecule has 0 unspecified atom stereocenters. The van der Waals surface area contributed by atoms with E-state index >= 15 is 0 Å². The maximum atomic E-state index is 12.6. The zero-order valence-electron chi connectivity index (χ0n) is 13.9. The van der Waals surface area contributed by atoms with Crippen molar-refractivity contribution >= 4 is 27.5 Å². The van der Waals surface area contributed by atoms with Gasteiger partial charge in [-0.2, -0.15) is 5.10 Å². The Hall–Kier alpha value is -2.41. The van der Waals surface area contributed by atoms with Crippen LogP contribution in [0.4, 0.5) is 5.69 Å². The summed E-state index contributed by atoms with van der Waals surface area (Å²) in [6, 6.07) is 7.81. The minimum atomic E-state index is -3.41. The highest BCUT2D eigenvalue weighted by molar-refractivity contribution is 7.91. The van der Waals surface area contributed by atoms with Crippen molar-refractivity contribution in [2.75, 3.05) is 17.2 Å². The number of hydrogen-bond donors (Lipinski definition) is 0. The van der Waals surface area contributed by atoms with Crippen LogP contribution in [0.25, 0.3) is 6.08 Å². The summed E-state index contributed by atoms with van der Waals surface area (Å²) in [5.41, 5.74) is 2.96. The highest BCUT2D eigenvalue weighted by Crippen LogP contribution is 2.33. The van der Waals surface area contributed by atoms with Crippen LogP contribution in [0.15, 0.2) is 35.4 Å². The molecule has 1 aromatic carbocycles. The lowest BCUT2D eigenvalue weighted by molar-refractivity contribution is -0.114. The van der Waals surface area contributed by atoms with E-state index in [9.17, 15) is 13.2 Å². The molecule has 0 bridgehead atoms. The monoisotopic (exact) mass is 345 g/mol. The molecular formula is C17H19N3O3S. The molecule has 24 heavy (non-hydrogen) atoms. The minimum Gasteiger partial charge on any atom is -0.304 e. The quantitative estimate of drug-likeness (QED) is 0.779. The molecule has 0 aliphatic carbocycles. The minimum absolute atomic E-state index is 0.0942. The number of carbonyl (C=O) groups is 1. The molecular weight excluding hydrogens is 326 g/mol. The Kier molecular flexibility index (Phi) is 4.04. The van der Waals surface area contributed by atoms with E-state index in [1.165, 1.54) is 15.7 Å². The molecule has 1 aliphatic heterocycles. The zero-order valence-corrected chi connectivity index (χ0v) is 14.7. The zero-order chi connectivity index (χ0) is 17.5. The Morgan fingerprint density at radius 2 is 2.04 bits per heavy atom. The maximum Gasteiger partial charge on any atom is 0.251 e. The Bertz CT molecular complexity index is 942. The average Bonchev–Trinajstić information content (AvgIpc) is 2.81. The van der Waals surface area contributed by atoms with Gasteiger partial charge in [-0.25, -0.2) is 8.42 Å². The molecule has 1 aliphatic rings. The van der Waals surface area contributed by atoms with Gasteiger partial charge in [0.15, 0.2) is 14.9 Å². The van der Waals surface area contributed by atoms with E-state index in [0.717, 1.165) is 11.1 Å². The van der Waals surface area contributed by atoms with Crippen molar-refractivity contribution in [3.05, 3.63) is 47.2 Å². The topological polar surface area (TPSA) is 72.3 Å². The van der Waals surface area contributed by atoms with Crippen molar-refractivity contribution in [1.82, 2.24) is 9.78 Å².